The number of carbonyl (C=O) groups is 2. The molecule has 4 rings (SSSR count). The van der Waals surface area contributed by atoms with Crippen LogP contribution in [0.3, 0.4) is 0 Å². The molecule has 2 amide bonds. The summed E-state index contributed by atoms with van der Waals surface area (Å²) in [5.74, 6) is 0.279. The predicted molar refractivity (Wildman–Crippen MR) is 165 cm³/mol. The molecule has 3 aromatic rings. The number of benzene rings is 3. The van der Waals surface area contributed by atoms with Gasteiger partial charge in [0.25, 0.3) is 0 Å². The van der Waals surface area contributed by atoms with E-state index in [9.17, 15) is 18.0 Å². The van der Waals surface area contributed by atoms with E-state index in [-0.39, 0.29) is 29.7 Å². The number of hydrogen-bond acceptors (Lipinski definition) is 6. The molecule has 43 heavy (non-hydrogen) atoms. The van der Waals surface area contributed by atoms with Crippen molar-refractivity contribution in [3.05, 3.63) is 95.6 Å². The van der Waals surface area contributed by atoms with Gasteiger partial charge in [-0.1, -0.05) is 54.6 Å². The van der Waals surface area contributed by atoms with Crippen molar-refractivity contribution in [3.63, 3.8) is 0 Å². The molecule has 1 aliphatic rings. The van der Waals surface area contributed by atoms with E-state index < -0.39 is 16.1 Å². The molecule has 9 nitrogen and oxygen atoms in total. The summed E-state index contributed by atoms with van der Waals surface area (Å²) in [6.07, 6.45) is 2.67. The number of sulfonamides is 1. The summed E-state index contributed by atoms with van der Waals surface area (Å²) in [5, 5.41) is 2.92. The van der Waals surface area contributed by atoms with Crippen molar-refractivity contribution in [2.75, 3.05) is 40.5 Å². The van der Waals surface area contributed by atoms with Crippen LogP contribution in [0.15, 0.2) is 83.8 Å². The average Bonchev–Trinajstić information content (AvgIpc) is 3.59. The molecule has 1 saturated heterocycles. The standard InChI is InChI=1S/C33H41N3O6S/c1-41-23-20-34-33(38)31(24-27-8-4-3-5-9-27)36(25-28-10-15-29(42-2)16-11-28)32(37)19-14-26-12-17-30(18-13-26)43(39,40)35-21-6-7-22-35/h3-5,8-13,15-18,31H,6-7,14,19-25H2,1-2H3,(H,34,38). The molecule has 1 atom stereocenters. The summed E-state index contributed by atoms with van der Waals surface area (Å²) in [6, 6.07) is 23.1. The molecule has 1 N–H and O–H groups in total. The van der Waals surface area contributed by atoms with E-state index in [0.717, 1.165) is 29.5 Å². The highest BCUT2D eigenvalue weighted by atomic mass is 32.2. The van der Waals surface area contributed by atoms with Gasteiger partial charge in [0.05, 0.1) is 18.6 Å². The van der Waals surface area contributed by atoms with E-state index in [2.05, 4.69) is 5.32 Å². The largest absolute Gasteiger partial charge is 0.497 e. The fraction of sp³-hybridized carbons (Fsp3) is 0.394. The molecule has 0 radical (unpaired) electrons. The molecule has 0 bridgehead atoms. The zero-order valence-electron chi connectivity index (χ0n) is 24.9. The van der Waals surface area contributed by atoms with Crippen LogP contribution >= 0.6 is 0 Å². The molecular formula is C33H41N3O6S. The van der Waals surface area contributed by atoms with Gasteiger partial charge in [0.1, 0.15) is 11.8 Å². The Labute approximate surface area is 254 Å². The third-order valence-corrected chi connectivity index (χ3v) is 9.56. The topological polar surface area (TPSA) is 105 Å². The zero-order chi connectivity index (χ0) is 30.7. The number of methoxy groups -OCH3 is 2. The first-order valence-corrected chi connectivity index (χ1v) is 16.1. The second-order valence-corrected chi connectivity index (χ2v) is 12.6. The fourth-order valence-electron chi connectivity index (χ4n) is 5.18. The van der Waals surface area contributed by atoms with Gasteiger partial charge in [-0.3, -0.25) is 9.59 Å². The van der Waals surface area contributed by atoms with Crippen LogP contribution in [0, 0.1) is 0 Å². The minimum Gasteiger partial charge on any atom is -0.497 e. The third kappa shape index (κ3) is 8.89. The Balaban J connectivity index is 1.54. The number of aryl methyl sites for hydroxylation is 1. The number of nitrogens with one attached hydrogen (secondary N) is 1. The van der Waals surface area contributed by atoms with Crippen molar-refractivity contribution in [2.45, 2.75) is 49.6 Å². The Morgan fingerprint density at radius 2 is 1.53 bits per heavy atom. The van der Waals surface area contributed by atoms with E-state index in [4.69, 9.17) is 9.47 Å². The van der Waals surface area contributed by atoms with Crippen molar-refractivity contribution in [3.8, 4) is 5.75 Å². The molecule has 1 aliphatic heterocycles. The zero-order valence-corrected chi connectivity index (χ0v) is 25.7. The Hall–Kier alpha value is -3.73. The molecule has 0 aromatic heterocycles. The van der Waals surface area contributed by atoms with Crippen LogP contribution < -0.4 is 10.1 Å². The second-order valence-electron chi connectivity index (χ2n) is 10.6. The highest BCUT2D eigenvalue weighted by Crippen LogP contribution is 2.22. The second kappa shape index (κ2) is 15.7. The lowest BCUT2D eigenvalue weighted by Crippen LogP contribution is -2.51. The van der Waals surface area contributed by atoms with Crippen molar-refractivity contribution >= 4 is 21.8 Å². The van der Waals surface area contributed by atoms with E-state index in [0.29, 0.717) is 44.8 Å². The first kappa shape index (κ1) is 32.2. The van der Waals surface area contributed by atoms with E-state index in [1.807, 2.05) is 54.6 Å². The summed E-state index contributed by atoms with van der Waals surface area (Å²) < 4.78 is 37.7. The lowest BCUT2D eigenvalue weighted by Gasteiger charge is -2.31. The minimum absolute atomic E-state index is 0.158. The van der Waals surface area contributed by atoms with Gasteiger partial charge in [0, 0.05) is 46.1 Å². The van der Waals surface area contributed by atoms with Crippen LogP contribution in [0.2, 0.25) is 0 Å². The van der Waals surface area contributed by atoms with Crippen LogP contribution in [0.4, 0.5) is 0 Å². The summed E-state index contributed by atoms with van der Waals surface area (Å²) in [6.45, 7) is 2.03. The van der Waals surface area contributed by atoms with Crippen molar-refractivity contribution in [1.82, 2.24) is 14.5 Å². The van der Waals surface area contributed by atoms with Gasteiger partial charge in [0.15, 0.2) is 0 Å². The lowest BCUT2D eigenvalue weighted by molar-refractivity contribution is -0.141. The average molecular weight is 608 g/mol. The molecule has 1 fully saturated rings. The number of rotatable bonds is 15. The maximum atomic E-state index is 13.9. The first-order chi connectivity index (χ1) is 20.8. The van der Waals surface area contributed by atoms with Gasteiger partial charge >= 0.3 is 0 Å². The summed E-state index contributed by atoms with van der Waals surface area (Å²) >= 11 is 0. The number of amides is 2. The van der Waals surface area contributed by atoms with E-state index >= 15 is 0 Å². The van der Waals surface area contributed by atoms with Gasteiger partial charge in [-0.15, -0.1) is 0 Å². The van der Waals surface area contributed by atoms with Crippen molar-refractivity contribution in [1.29, 1.82) is 0 Å². The number of nitrogens with zero attached hydrogens (tertiary/aromatic N) is 2. The van der Waals surface area contributed by atoms with Crippen LogP contribution in [-0.2, 0) is 43.7 Å². The lowest BCUT2D eigenvalue weighted by atomic mass is 10.0. The Kier molecular flexibility index (Phi) is 11.7. The van der Waals surface area contributed by atoms with Gasteiger partial charge in [0.2, 0.25) is 21.8 Å². The Morgan fingerprint density at radius 3 is 2.16 bits per heavy atom. The van der Waals surface area contributed by atoms with Crippen LogP contribution in [-0.4, -0.2) is 75.9 Å². The van der Waals surface area contributed by atoms with Gasteiger partial charge in [-0.05, 0) is 60.2 Å². The summed E-state index contributed by atoms with van der Waals surface area (Å²) in [5.41, 5.74) is 2.66. The molecule has 1 heterocycles. The quantitative estimate of drug-likeness (QED) is 0.264. The monoisotopic (exact) mass is 607 g/mol. The molecule has 3 aromatic carbocycles. The summed E-state index contributed by atoms with van der Waals surface area (Å²) in [4.78, 5) is 29.3. The molecule has 10 heteroatoms. The Morgan fingerprint density at radius 1 is 0.884 bits per heavy atom. The molecular weight excluding hydrogens is 566 g/mol. The molecule has 1 unspecified atom stereocenters. The molecule has 0 aliphatic carbocycles. The summed E-state index contributed by atoms with van der Waals surface area (Å²) in [7, 11) is -0.337. The van der Waals surface area contributed by atoms with Gasteiger partial charge in [-0.25, -0.2) is 8.42 Å². The number of ether oxygens (including phenoxy) is 2. The number of hydrogen-bond donors (Lipinski definition) is 1. The minimum atomic E-state index is -3.50. The van der Waals surface area contributed by atoms with Crippen molar-refractivity contribution in [2.24, 2.45) is 0 Å². The molecule has 0 saturated carbocycles. The normalized spacial score (nSPS) is 14.3. The van der Waals surface area contributed by atoms with E-state index in [1.54, 1.807) is 43.4 Å². The number of carbonyl (C=O) groups excluding carboxylic acids is 2. The highest BCUT2D eigenvalue weighted by molar-refractivity contribution is 7.89. The molecule has 0 spiro atoms. The maximum absolute atomic E-state index is 13.9. The van der Waals surface area contributed by atoms with Crippen LogP contribution in [0.1, 0.15) is 36.0 Å². The first-order valence-electron chi connectivity index (χ1n) is 14.6. The van der Waals surface area contributed by atoms with Gasteiger partial charge < -0.3 is 19.7 Å². The van der Waals surface area contributed by atoms with E-state index in [1.165, 1.54) is 4.31 Å². The predicted octanol–water partition coefficient (Wildman–Crippen LogP) is 3.82. The highest BCUT2D eigenvalue weighted by Gasteiger charge is 2.30. The molecule has 230 valence electrons. The maximum Gasteiger partial charge on any atom is 0.243 e. The van der Waals surface area contributed by atoms with Crippen LogP contribution in [0.25, 0.3) is 0 Å². The van der Waals surface area contributed by atoms with Crippen LogP contribution in [0.5, 0.6) is 5.75 Å². The Bertz CT molecular complexity index is 1420. The SMILES string of the molecule is COCCNC(=O)C(Cc1ccccc1)N(Cc1ccc(OC)cc1)C(=O)CCc1ccc(S(=O)(=O)N2CCCC2)cc1. The fourth-order valence-corrected chi connectivity index (χ4v) is 6.69. The van der Waals surface area contributed by atoms with Gasteiger partial charge in [-0.2, -0.15) is 4.31 Å². The smallest absolute Gasteiger partial charge is 0.243 e. The third-order valence-electron chi connectivity index (χ3n) is 7.64. The van der Waals surface area contributed by atoms with Crippen molar-refractivity contribution < 1.29 is 27.5 Å².